The molecule has 0 saturated carbocycles. The summed E-state index contributed by atoms with van der Waals surface area (Å²) in [6.45, 7) is 0.932. The number of carbonyl (C=O) groups is 1. The number of hydrogen-bond acceptors (Lipinski definition) is 3. The van der Waals surface area contributed by atoms with Gasteiger partial charge >= 0.3 is 0 Å². The molecule has 0 aliphatic heterocycles. The van der Waals surface area contributed by atoms with Crippen LogP contribution in [0.2, 0.25) is 0 Å². The summed E-state index contributed by atoms with van der Waals surface area (Å²) in [5.41, 5.74) is 0.950. The van der Waals surface area contributed by atoms with Gasteiger partial charge in [-0.25, -0.2) is 0 Å². The van der Waals surface area contributed by atoms with Gasteiger partial charge in [-0.2, -0.15) is 0 Å². The predicted molar refractivity (Wildman–Crippen MR) is 66.2 cm³/mol. The molecule has 0 aliphatic rings. The summed E-state index contributed by atoms with van der Waals surface area (Å²) >= 11 is 3.40. The summed E-state index contributed by atoms with van der Waals surface area (Å²) in [4.78, 5) is 13.0. The topological polar surface area (TPSA) is 52.6 Å². The van der Waals surface area contributed by atoms with E-state index in [9.17, 15) is 9.90 Å². The Hall–Kier alpha value is -1.07. The summed E-state index contributed by atoms with van der Waals surface area (Å²) in [6.07, 6.45) is 0. The van der Waals surface area contributed by atoms with Gasteiger partial charge in [0, 0.05) is 18.1 Å². The van der Waals surface area contributed by atoms with Gasteiger partial charge in [-0.1, -0.05) is 15.9 Å². The first-order valence-corrected chi connectivity index (χ1v) is 5.68. The Morgan fingerprint density at radius 2 is 2.25 bits per heavy atom. The van der Waals surface area contributed by atoms with Gasteiger partial charge in [-0.3, -0.25) is 9.69 Å². The van der Waals surface area contributed by atoms with Gasteiger partial charge in [0.2, 0.25) is 5.91 Å². The number of carbonyl (C=O) groups excluding carboxylic acids is 1. The molecule has 0 aromatic heterocycles. The zero-order valence-corrected chi connectivity index (χ0v) is 10.9. The number of benzene rings is 1. The number of phenols is 1. The van der Waals surface area contributed by atoms with Crippen LogP contribution in [0.4, 0.5) is 0 Å². The van der Waals surface area contributed by atoms with E-state index < -0.39 is 0 Å². The number of amides is 1. The van der Waals surface area contributed by atoms with Gasteiger partial charge in [0.05, 0.1) is 6.54 Å². The van der Waals surface area contributed by atoms with Gasteiger partial charge < -0.3 is 10.4 Å². The maximum absolute atomic E-state index is 11.2. The molecule has 16 heavy (non-hydrogen) atoms. The Kier molecular flexibility index (Phi) is 4.76. The number of halogens is 1. The second-order valence-electron chi connectivity index (χ2n) is 3.62. The molecule has 4 nitrogen and oxygen atoms in total. The van der Waals surface area contributed by atoms with Crippen LogP contribution in [0.3, 0.4) is 0 Å². The SMILES string of the molecule is CNC(=O)CN(C)Cc1cc(O)ccc1Br. The van der Waals surface area contributed by atoms with Crippen LogP contribution in [0.25, 0.3) is 0 Å². The van der Waals surface area contributed by atoms with Crippen LogP contribution in [0.1, 0.15) is 5.56 Å². The van der Waals surface area contributed by atoms with E-state index in [0.717, 1.165) is 10.0 Å². The highest BCUT2D eigenvalue weighted by atomic mass is 79.9. The van der Waals surface area contributed by atoms with Gasteiger partial charge in [0.25, 0.3) is 0 Å². The van der Waals surface area contributed by atoms with Gasteiger partial charge in [0.15, 0.2) is 0 Å². The zero-order chi connectivity index (χ0) is 12.1. The van der Waals surface area contributed by atoms with E-state index in [1.165, 1.54) is 0 Å². The molecule has 0 atom stereocenters. The fraction of sp³-hybridized carbons (Fsp3) is 0.364. The third-order valence-electron chi connectivity index (χ3n) is 2.16. The van der Waals surface area contributed by atoms with E-state index >= 15 is 0 Å². The molecule has 0 spiro atoms. The summed E-state index contributed by atoms with van der Waals surface area (Å²) in [5.74, 6) is 0.199. The number of likely N-dealkylation sites (N-methyl/N-ethyl adjacent to an activating group) is 2. The average Bonchev–Trinajstić information content (AvgIpc) is 2.23. The molecule has 1 amide bonds. The number of nitrogens with one attached hydrogen (secondary N) is 1. The van der Waals surface area contributed by atoms with Crippen LogP contribution < -0.4 is 5.32 Å². The van der Waals surface area contributed by atoms with Crippen molar-refractivity contribution in [3.8, 4) is 5.75 Å². The van der Waals surface area contributed by atoms with Crippen LogP contribution in [0.15, 0.2) is 22.7 Å². The molecule has 0 heterocycles. The second kappa shape index (κ2) is 5.86. The summed E-state index contributed by atoms with van der Waals surface area (Å²) < 4.78 is 0.925. The van der Waals surface area contributed by atoms with Crippen molar-refractivity contribution in [3.05, 3.63) is 28.2 Å². The molecule has 88 valence electrons. The van der Waals surface area contributed by atoms with Crippen molar-refractivity contribution < 1.29 is 9.90 Å². The third-order valence-corrected chi connectivity index (χ3v) is 2.94. The lowest BCUT2D eigenvalue weighted by Crippen LogP contribution is -2.32. The van der Waals surface area contributed by atoms with Crippen molar-refractivity contribution in [3.63, 3.8) is 0 Å². The van der Waals surface area contributed by atoms with Crippen molar-refractivity contribution in [2.45, 2.75) is 6.54 Å². The quantitative estimate of drug-likeness (QED) is 0.878. The van der Waals surface area contributed by atoms with Crippen LogP contribution >= 0.6 is 15.9 Å². The second-order valence-corrected chi connectivity index (χ2v) is 4.48. The van der Waals surface area contributed by atoms with E-state index in [-0.39, 0.29) is 11.7 Å². The molecule has 0 unspecified atom stereocenters. The minimum atomic E-state index is -0.0289. The molecule has 5 heteroatoms. The minimum Gasteiger partial charge on any atom is -0.508 e. The van der Waals surface area contributed by atoms with E-state index in [1.807, 2.05) is 11.9 Å². The fourth-order valence-electron chi connectivity index (χ4n) is 1.35. The van der Waals surface area contributed by atoms with E-state index in [1.54, 1.807) is 25.2 Å². The minimum absolute atomic E-state index is 0.0289. The Labute approximate surface area is 103 Å². The van der Waals surface area contributed by atoms with Gasteiger partial charge in [-0.15, -0.1) is 0 Å². The van der Waals surface area contributed by atoms with Gasteiger partial charge in [0.1, 0.15) is 5.75 Å². The maximum Gasteiger partial charge on any atom is 0.233 e. The molecule has 2 N–H and O–H groups in total. The highest BCUT2D eigenvalue weighted by molar-refractivity contribution is 9.10. The molecule has 0 fully saturated rings. The highest BCUT2D eigenvalue weighted by Crippen LogP contribution is 2.22. The standard InChI is InChI=1S/C11H15BrN2O2/c1-13-11(16)7-14(2)6-8-5-9(15)3-4-10(8)12/h3-5,15H,6-7H2,1-2H3,(H,13,16). The third kappa shape index (κ3) is 3.83. The fourth-order valence-corrected chi connectivity index (χ4v) is 1.73. The highest BCUT2D eigenvalue weighted by Gasteiger charge is 2.08. The van der Waals surface area contributed by atoms with Crippen molar-refractivity contribution in [1.29, 1.82) is 0 Å². The number of hydrogen-bond donors (Lipinski definition) is 2. The number of rotatable bonds is 4. The number of phenolic OH excluding ortho intramolecular Hbond substituents is 1. The van der Waals surface area contributed by atoms with Crippen molar-refractivity contribution in [2.75, 3.05) is 20.6 Å². The van der Waals surface area contributed by atoms with Gasteiger partial charge in [-0.05, 0) is 30.8 Å². The Bertz CT molecular complexity index is 382. The summed E-state index contributed by atoms with van der Waals surface area (Å²) in [6, 6.07) is 5.09. The van der Waals surface area contributed by atoms with E-state index in [2.05, 4.69) is 21.2 Å². The Balaban J connectivity index is 2.65. The lowest BCUT2D eigenvalue weighted by Gasteiger charge is -2.16. The van der Waals surface area contributed by atoms with Crippen molar-refractivity contribution in [1.82, 2.24) is 10.2 Å². The first kappa shape index (κ1) is 13.0. The predicted octanol–water partition coefficient (Wildman–Crippen LogP) is 1.33. The number of aromatic hydroxyl groups is 1. The smallest absolute Gasteiger partial charge is 0.233 e. The summed E-state index contributed by atoms with van der Waals surface area (Å²) in [7, 11) is 3.46. The van der Waals surface area contributed by atoms with Crippen molar-refractivity contribution in [2.24, 2.45) is 0 Å². The van der Waals surface area contributed by atoms with Crippen molar-refractivity contribution >= 4 is 21.8 Å². The van der Waals surface area contributed by atoms with Crippen LogP contribution in [0, 0.1) is 0 Å². The molecule has 0 radical (unpaired) electrons. The molecule has 0 saturated heterocycles. The molecule has 1 aromatic rings. The Morgan fingerprint density at radius 1 is 1.56 bits per heavy atom. The molecule has 1 aromatic carbocycles. The van der Waals surface area contributed by atoms with Crippen LogP contribution in [0.5, 0.6) is 5.75 Å². The van der Waals surface area contributed by atoms with E-state index in [4.69, 9.17) is 0 Å². The first-order valence-electron chi connectivity index (χ1n) is 4.89. The lowest BCUT2D eigenvalue weighted by molar-refractivity contribution is -0.121. The molecule has 0 bridgehead atoms. The normalized spacial score (nSPS) is 10.5. The molecular formula is C11H15BrN2O2. The lowest BCUT2D eigenvalue weighted by atomic mass is 10.2. The largest absolute Gasteiger partial charge is 0.508 e. The Morgan fingerprint density at radius 3 is 2.88 bits per heavy atom. The van der Waals surface area contributed by atoms with Crippen LogP contribution in [-0.4, -0.2) is 36.6 Å². The average molecular weight is 287 g/mol. The van der Waals surface area contributed by atoms with E-state index in [0.29, 0.717) is 13.1 Å². The molecular weight excluding hydrogens is 272 g/mol. The number of nitrogens with zero attached hydrogens (tertiary/aromatic N) is 1. The van der Waals surface area contributed by atoms with Crippen LogP contribution in [-0.2, 0) is 11.3 Å². The molecule has 0 aliphatic carbocycles. The first-order chi connectivity index (χ1) is 7.52. The molecule has 1 rings (SSSR count). The zero-order valence-electron chi connectivity index (χ0n) is 9.33. The monoisotopic (exact) mass is 286 g/mol. The maximum atomic E-state index is 11.2. The summed E-state index contributed by atoms with van der Waals surface area (Å²) in [5, 5.41) is 11.9.